The van der Waals surface area contributed by atoms with Crippen LogP contribution < -0.4 is 11.1 Å². The van der Waals surface area contributed by atoms with Gasteiger partial charge in [-0.25, -0.2) is 0 Å². The third kappa shape index (κ3) is 3.79. The lowest BCUT2D eigenvalue weighted by Crippen LogP contribution is -2.22. The monoisotopic (exact) mass is 237 g/mol. The highest BCUT2D eigenvalue weighted by atomic mass is 32.1. The van der Waals surface area contributed by atoms with Crippen LogP contribution in [0.4, 0.5) is 5.69 Å². The Bertz CT molecular complexity index is 375. The number of nitrogens with two attached hydrogens (primary N) is 1. The molecule has 0 aliphatic rings. The highest BCUT2D eigenvalue weighted by molar-refractivity contribution is 7.80. The van der Waals surface area contributed by atoms with Crippen molar-refractivity contribution in [2.45, 2.75) is 6.92 Å². The van der Waals surface area contributed by atoms with E-state index < -0.39 is 0 Å². The first-order valence-electron chi connectivity index (χ1n) is 5.30. The fourth-order valence-electron chi connectivity index (χ4n) is 1.43. The third-order valence-electron chi connectivity index (χ3n) is 2.31. The van der Waals surface area contributed by atoms with Crippen molar-refractivity contribution in [1.29, 1.82) is 0 Å². The zero-order valence-corrected chi connectivity index (χ0v) is 10.9. The predicted molar refractivity (Wildman–Crippen MR) is 74.1 cm³/mol. The van der Waals surface area contributed by atoms with Crippen LogP contribution in [0, 0.1) is 6.92 Å². The molecule has 1 rings (SSSR count). The van der Waals surface area contributed by atoms with Gasteiger partial charge in [0.2, 0.25) is 0 Å². The molecule has 0 spiro atoms. The van der Waals surface area contributed by atoms with E-state index in [1.54, 1.807) is 0 Å². The van der Waals surface area contributed by atoms with Crippen molar-refractivity contribution in [1.82, 2.24) is 4.90 Å². The molecule has 0 heterocycles. The summed E-state index contributed by atoms with van der Waals surface area (Å²) in [7, 11) is 4.10. The van der Waals surface area contributed by atoms with Crippen molar-refractivity contribution in [3.8, 4) is 0 Å². The maximum atomic E-state index is 5.68. The van der Waals surface area contributed by atoms with Gasteiger partial charge in [0, 0.05) is 24.3 Å². The Hall–Kier alpha value is -1.13. The van der Waals surface area contributed by atoms with Crippen molar-refractivity contribution in [2.24, 2.45) is 5.73 Å². The maximum absolute atomic E-state index is 5.68. The molecule has 0 unspecified atom stereocenters. The minimum Gasteiger partial charge on any atom is -0.389 e. The van der Waals surface area contributed by atoms with Gasteiger partial charge in [0.15, 0.2) is 0 Å². The van der Waals surface area contributed by atoms with E-state index in [9.17, 15) is 0 Å². The minimum absolute atomic E-state index is 0.437. The SMILES string of the molecule is Cc1ccc(C(N)=S)c(NCCN(C)C)c1. The molecular formula is C12H19N3S. The molecule has 0 atom stereocenters. The van der Waals surface area contributed by atoms with Crippen LogP contribution in [-0.4, -0.2) is 37.1 Å². The highest BCUT2D eigenvalue weighted by Crippen LogP contribution is 2.17. The van der Waals surface area contributed by atoms with Crippen LogP contribution >= 0.6 is 12.2 Å². The first kappa shape index (κ1) is 12.9. The van der Waals surface area contributed by atoms with Gasteiger partial charge in [0.05, 0.1) is 0 Å². The molecule has 16 heavy (non-hydrogen) atoms. The number of nitrogens with one attached hydrogen (secondary N) is 1. The summed E-state index contributed by atoms with van der Waals surface area (Å²) >= 11 is 5.02. The predicted octanol–water partition coefficient (Wildman–Crippen LogP) is 1.60. The fraction of sp³-hybridized carbons (Fsp3) is 0.417. The highest BCUT2D eigenvalue weighted by Gasteiger charge is 2.04. The first-order valence-corrected chi connectivity index (χ1v) is 5.70. The molecule has 0 aliphatic heterocycles. The second kappa shape index (κ2) is 5.82. The van der Waals surface area contributed by atoms with E-state index in [0.29, 0.717) is 4.99 Å². The van der Waals surface area contributed by atoms with Gasteiger partial charge in [0.1, 0.15) is 4.99 Å². The fourth-order valence-corrected chi connectivity index (χ4v) is 1.61. The van der Waals surface area contributed by atoms with E-state index in [1.807, 2.05) is 26.2 Å². The van der Waals surface area contributed by atoms with Gasteiger partial charge < -0.3 is 16.0 Å². The molecule has 0 aliphatic carbocycles. The van der Waals surface area contributed by atoms with Gasteiger partial charge in [-0.15, -0.1) is 0 Å². The molecule has 0 bridgehead atoms. The number of rotatable bonds is 5. The standard InChI is InChI=1S/C12H19N3S/c1-9-4-5-10(12(13)16)11(8-9)14-6-7-15(2)3/h4-5,8,14H,6-7H2,1-3H3,(H2,13,16). The molecule has 1 aromatic carbocycles. The Labute approximate surface area is 103 Å². The Kier molecular flexibility index (Phi) is 4.71. The number of likely N-dealkylation sites (N-methyl/N-ethyl adjacent to an activating group) is 1. The summed E-state index contributed by atoms with van der Waals surface area (Å²) in [6, 6.07) is 6.06. The first-order chi connectivity index (χ1) is 7.50. The molecule has 1 aromatic rings. The van der Waals surface area contributed by atoms with E-state index in [0.717, 1.165) is 24.3 Å². The Balaban J connectivity index is 2.76. The van der Waals surface area contributed by atoms with Crippen LogP contribution in [0.3, 0.4) is 0 Å². The largest absolute Gasteiger partial charge is 0.389 e. The summed E-state index contributed by atoms with van der Waals surface area (Å²) in [6.07, 6.45) is 0. The lowest BCUT2D eigenvalue weighted by molar-refractivity contribution is 0.425. The summed E-state index contributed by atoms with van der Waals surface area (Å²) < 4.78 is 0. The van der Waals surface area contributed by atoms with E-state index in [1.165, 1.54) is 5.56 Å². The summed E-state index contributed by atoms with van der Waals surface area (Å²) in [5.41, 5.74) is 8.82. The van der Waals surface area contributed by atoms with Crippen LogP contribution in [0.2, 0.25) is 0 Å². The Morgan fingerprint density at radius 1 is 1.44 bits per heavy atom. The van der Waals surface area contributed by atoms with E-state index in [-0.39, 0.29) is 0 Å². The number of anilines is 1. The van der Waals surface area contributed by atoms with Crippen LogP contribution in [0.15, 0.2) is 18.2 Å². The lowest BCUT2D eigenvalue weighted by atomic mass is 10.1. The average Bonchev–Trinajstić information content (AvgIpc) is 2.16. The van der Waals surface area contributed by atoms with Gasteiger partial charge in [-0.05, 0) is 38.7 Å². The van der Waals surface area contributed by atoms with Gasteiger partial charge in [-0.2, -0.15) is 0 Å². The molecule has 4 heteroatoms. The summed E-state index contributed by atoms with van der Waals surface area (Å²) in [4.78, 5) is 2.57. The molecule has 0 aromatic heterocycles. The molecule has 3 N–H and O–H groups in total. The zero-order valence-electron chi connectivity index (χ0n) is 10.1. The molecule has 3 nitrogen and oxygen atoms in total. The van der Waals surface area contributed by atoms with Crippen molar-refractivity contribution >= 4 is 22.9 Å². The number of nitrogens with zero attached hydrogens (tertiary/aromatic N) is 1. The number of hydrogen-bond donors (Lipinski definition) is 2. The van der Waals surface area contributed by atoms with Gasteiger partial charge in [-0.1, -0.05) is 18.3 Å². The van der Waals surface area contributed by atoms with Crippen LogP contribution in [-0.2, 0) is 0 Å². The summed E-state index contributed by atoms with van der Waals surface area (Å²) in [6.45, 7) is 3.91. The number of benzene rings is 1. The van der Waals surface area contributed by atoms with Crippen LogP contribution in [0.25, 0.3) is 0 Å². The topological polar surface area (TPSA) is 41.3 Å². The van der Waals surface area contributed by atoms with E-state index in [2.05, 4.69) is 23.2 Å². The van der Waals surface area contributed by atoms with Gasteiger partial charge in [-0.3, -0.25) is 0 Å². The zero-order chi connectivity index (χ0) is 12.1. The lowest BCUT2D eigenvalue weighted by Gasteiger charge is -2.14. The van der Waals surface area contributed by atoms with Crippen molar-refractivity contribution in [3.05, 3.63) is 29.3 Å². The second-order valence-electron chi connectivity index (χ2n) is 4.14. The Morgan fingerprint density at radius 2 is 2.12 bits per heavy atom. The van der Waals surface area contributed by atoms with Gasteiger partial charge in [0.25, 0.3) is 0 Å². The molecule has 0 saturated carbocycles. The number of aryl methyl sites for hydroxylation is 1. The number of hydrogen-bond acceptors (Lipinski definition) is 3. The smallest absolute Gasteiger partial charge is 0.106 e. The molecular weight excluding hydrogens is 218 g/mol. The summed E-state index contributed by atoms with van der Waals surface area (Å²) in [5.74, 6) is 0. The molecule has 0 fully saturated rings. The second-order valence-corrected chi connectivity index (χ2v) is 4.58. The maximum Gasteiger partial charge on any atom is 0.106 e. The van der Waals surface area contributed by atoms with Crippen LogP contribution in [0.5, 0.6) is 0 Å². The van der Waals surface area contributed by atoms with Crippen molar-refractivity contribution in [2.75, 3.05) is 32.5 Å². The summed E-state index contributed by atoms with van der Waals surface area (Å²) in [5, 5.41) is 3.36. The van der Waals surface area contributed by atoms with Gasteiger partial charge >= 0.3 is 0 Å². The minimum atomic E-state index is 0.437. The quantitative estimate of drug-likeness (QED) is 0.763. The third-order valence-corrected chi connectivity index (χ3v) is 2.53. The van der Waals surface area contributed by atoms with Crippen molar-refractivity contribution < 1.29 is 0 Å². The molecule has 0 radical (unpaired) electrons. The van der Waals surface area contributed by atoms with E-state index >= 15 is 0 Å². The van der Waals surface area contributed by atoms with E-state index in [4.69, 9.17) is 18.0 Å². The molecule has 0 amide bonds. The molecule has 88 valence electrons. The average molecular weight is 237 g/mol. The molecule has 0 saturated heterocycles. The number of thiocarbonyl (C=S) groups is 1. The van der Waals surface area contributed by atoms with Crippen molar-refractivity contribution in [3.63, 3.8) is 0 Å². The van der Waals surface area contributed by atoms with Crippen LogP contribution in [0.1, 0.15) is 11.1 Å². The normalized spacial score (nSPS) is 10.5. The Morgan fingerprint density at radius 3 is 2.69 bits per heavy atom.